The van der Waals surface area contributed by atoms with Gasteiger partial charge in [-0.15, -0.1) is 0 Å². The highest BCUT2D eigenvalue weighted by Crippen LogP contribution is 2.27. The van der Waals surface area contributed by atoms with Crippen LogP contribution in [0.2, 0.25) is 5.02 Å². The van der Waals surface area contributed by atoms with Gasteiger partial charge in [0.15, 0.2) is 0 Å². The smallest absolute Gasteiger partial charge is 0.257 e. The number of para-hydroxylation sites is 1. The number of nitrogens with one attached hydrogen (secondary N) is 2. The van der Waals surface area contributed by atoms with Gasteiger partial charge in [-0.1, -0.05) is 36.6 Å². The molecular formula is C19H19ClN2O2. The van der Waals surface area contributed by atoms with Gasteiger partial charge < -0.3 is 10.6 Å². The van der Waals surface area contributed by atoms with Crippen LogP contribution in [0, 0.1) is 5.92 Å². The van der Waals surface area contributed by atoms with Crippen LogP contribution in [0.1, 0.15) is 36.0 Å². The molecule has 1 aliphatic rings. The number of benzene rings is 2. The third kappa shape index (κ3) is 3.95. The van der Waals surface area contributed by atoms with E-state index in [0.717, 1.165) is 25.7 Å². The van der Waals surface area contributed by atoms with E-state index in [1.54, 1.807) is 42.5 Å². The fourth-order valence-corrected chi connectivity index (χ4v) is 3.07. The molecule has 0 aliphatic heterocycles. The first-order valence-corrected chi connectivity index (χ1v) is 8.48. The summed E-state index contributed by atoms with van der Waals surface area (Å²) in [7, 11) is 0. The highest BCUT2D eigenvalue weighted by atomic mass is 35.5. The van der Waals surface area contributed by atoms with Crippen LogP contribution in [0.3, 0.4) is 0 Å². The summed E-state index contributed by atoms with van der Waals surface area (Å²) in [5.41, 5.74) is 1.64. The molecule has 0 spiro atoms. The molecule has 4 nitrogen and oxygen atoms in total. The molecule has 0 unspecified atom stereocenters. The summed E-state index contributed by atoms with van der Waals surface area (Å²) in [5, 5.41) is 6.34. The molecule has 0 atom stereocenters. The zero-order chi connectivity index (χ0) is 16.9. The van der Waals surface area contributed by atoms with Gasteiger partial charge in [-0.25, -0.2) is 0 Å². The van der Waals surface area contributed by atoms with E-state index in [-0.39, 0.29) is 17.7 Å². The van der Waals surface area contributed by atoms with Crippen molar-refractivity contribution in [2.75, 3.05) is 10.6 Å². The minimum absolute atomic E-state index is 0.000701. The first kappa shape index (κ1) is 16.5. The van der Waals surface area contributed by atoms with Gasteiger partial charge in [-0.05, 0) is 49.2 Å². The fourth-order valence-electron chi connectivity index (χ4n) is 2.94. The molecule has 2 aromatic carbocycles. The van der Waals surface area contributed by atoms with Gasteiger partial charge >= 0.3 is 0 Å². The average molecular weight is 343 g/mol. The second kappa shape index (κ2) is 7.49. The van der Waals surface area contributed by atoms with Gasteiger partial charge in [-0.3, -0.25) is 9.59 Å². The number of hydrogen-bond donors (Lipinski definition) is 2. The van der Waals surface area contributed by atoms with Gasteiger partial charge in [0.1, 0.15) is 0 Å². The fraction of sp³-hybridized carbons (Fsp3) is 0.263. The Morgan fingerprint density at radius 1 is 0.917 bits per heavy atom. The van der Waals surface area contributed by atoms with Crippen molar-refractivity contribution in [2.24, 2.45) is 5.92 Å². The largest absolute Gasteiger partial charge is 0.325 e. The van der Waals surface area contributed by atoms with Crippen molar-refractivity contribution in [1.29, 1.82) is 0 Å². The molecule has 0 saturated heterocycles. The first-order chi connectivity index (χ1) is 11.6. The van der Waals surface area contributed by atoms with Gasteiger partial charge in [0.05, 0.1) is 11.3 Å². The summed E-state index contributed by atoms with van der Waals surface area (Å²) >= 11 is 5.85. The van der Waals surface area contributed by atoms with E-state index in [9.17, 15) is 9.59 Å². The molecule has 1 fully saturated rings. The predicted octanol–water partition coefficient (Wildman–Crippen LogP) is 4.72. The minimum Gasteiger partial charge on any atom is -0.325 e. The third-order valence-electron chi connectivity index (χ3n) is 4.26. The third-order valence-corrected chi connectivity index (χ3v) is 4.51. The zero-order valence-corrected chi connectivity index (χ0v) is 14.0. The Kier molecular flexibility index (Phi) is 5.16. The molecule has 5 heteroatoms. The van der Waals surface area contributed by atoms with Crippen LogP contribution >= 0.6 is 11.6 Å². The van der Waals surface area contributed by atoms with Crippen molar-refractivity contribution in [3.8, 4) is 0 Å². The zero-order valence-electron chi connectivity index (χ0n) is 13.2. The van der Waals surface area contributed by atoms with Crippen LogP contribution < -0.4 is 10.6 Å². The molecule has 24 heavy (non-hydrogen) atoms. The maximum Gasteiger partial charge on any atom is 0.257 e. The molecule has 1 aliphatic carbocycles. The summed E-state index contributed by atoms with van der Waals surface area (Å²) < 4.78 is 0. The summed E-state index contributed by atoms with van der Waals surface area (Å²) in [6.45, 7) is 0. The van der Waals surface area contributed by atoms with Gasteiger partial charge in [0.2, 0.25) is 5.91 Å². The van der Waals surface area contributed by atoms with Crippen LogP contribution in [-0.4, -0.2) is 11.8 Å². The molecule has 124 valence electrons. The van der Waals surface area contributed by atoms with Gasteiger partial charge in [0.25, 0.3) is 5.91 Å². The molecule has 1 saturated carbocycles. The van der Waals surface area contributed by atoms with Crippen molar-refractivity contribution < 1.29 is 9.59 Å². The van der Waals surface area contributed by atoms with E-state index in [2.05, 4.69) is 10.6 Å². The molecule has 3 rings (SSSR count). The van der Waals surface area contributed by atoms with E-state index >= 15 is 0 Å². The molecule has 0 heterocycles. The second-order valence-corrected chi connectivity index (χ2v) is 6.41. The topological polar surface area (TPSA) is 58.2 Å². The number of carbonyl (C=O) groups is 2. The Morgan fingerprint density at radius 3 is 2.29 bits per heavy atom. The van der Waals surface area contributed by atoms with Crippen LogP contribution in [0.15, 0.2) is 48.5 Å². The van der Waals surface area contributed by atoms with Crippen molar-refractivity contribution in [3.63, 3.8) is 0 Å². The Hall–Kier alpha value is -2.33. The van der Waals surface area contributed by atoms with Crippen LogP contribution in [0.5, 0.6) is 0 Å². The molecule has 0 aromatic heterocycles. The number of hydrogen-bond acceptors (Lipinski definition) is 2. The SMILES string of the molecule is O=C(Nc1ccc(Cl)cc1)c1ccccc1NC(=O)C1CCCC1. The lowest BCUT2D eigenvalue weighted by Gasteiger charge is -2.14. The maximum absolute atomic E-state index is 12.5. The maximum atomic E-state index is 12.5. The van der Waals surface area contributed by atoms with Gasteiger partial charge in [-0.2, -0.15) is 0 Å². The molecule has 0 radical (unpaired) electrons. The van der Waals surface area contributed by atoms with Crippen LogP contribution in [0.4, 0.5) is 11.4 Å². The number of halogens is 1. The normalized spacial score (nSPS) is 14.4. The van der Waals surface area contributed by atoms with Gasteiger partial charge in [0, 0.05) is 16.6 Å². The summed E-state index contributed by atoms with van der Waals surface area (Å²) in [6, 6.07) is 13.9. The van der Waals surface area contributed by atoms with Crippen LogP contribution in [0.25, 0.3) is 0 Å². The van der Waals surface area contributed by atoms with Crippen molar-refractivity contribution in [3.05, 3.63) is 59.1 Å². The molecular weight excluding hydrogens is 324 g/mol. The molecule has 2 amide bonds. The molecule has 2 N–H and O–H groups in total. The van der Waals surface area contributed by atoms with Crippen molar-refractivity contribution >= 4 is 34.8 Å². The van der Waals surface area contributed by atoms with Crippen molar-refractivity contribution in [2.45, 2.75) is 25.7 Å². The lowest BCUT2D eigenvalue weighted by molar-refractivity contribution is -0.119. The number of carbonyl (C=O) groups excluding carboxylic acids is 2. The van der Waals surface area contributed by atoms with E-state index in [0.29, 0.717) is 22.0 Å². The standard InChI is InChI=1S/C19H19ClN2O2/c20-14-9-11-15(12-10-14)21-19(24)16-7-3-4-8-17(16)22-18(23)13-5-1-2-6-13/h3-4,7-13H,1-2,5-6H2,(H,21,24)(H,22,23). The highest BCUT2D eigenvalue weighted by molar-refractivity contribution is 6.30. The van der Waals surface area contributed by atoms with Crippen LogP contribution in [-0.2, 0) is 4.79 Å². The monoisotopic (exact) mass is 342 g/mol. The lowest BCUT2D eigenvalue weighted by Crippen LogP contribution is -2.23. The van der Waals surface area contributed by atoms with E-state index in [1.165, 1.54) is 0 Å². The number of anilines is 2. The predicted molar refractivity (Wildman–Crippen MR) is 96.4 cm³/mol. The summed E-state index contributed by atoms with van der Waals surface area (Å²) in [6.07, 6.45) is 4.03. The average Bonchev–Trinajstić information content (AvgIpc) is 3.12. The quantitative estimate of drug-likeness (QED) is 0.844. The highest BCUT2D eigenvalue weighted by Gasteiger charge is 2.23. The molecule has 0 bridgehead atoms. The Labute approximate surface area is 146 Å². The van der Waals surface area contributed by atoms with E-state index < -0.39 is 0 Å². The van der Waals surface area contributed by atoms with E-state index in [1.807, 2.05) is 6.07 Å². The first-order valence-electron chi connectivity index (χ1n) is 8.10. The number of amides is 2. The Balaban J connectivity index is 1.74. The Morgan fingerprint density at radius 2 is 1.58 bits per heavy atom. The lowest BCUT2D eigenvalue weighted by atomic mass is 10.1. The summed E-state index contributed by atoms with van der Waals surface area (Å²) in [5.74, 6) is -0.212. The van der Waals surface area contributed by atoms with Crippen molar-refractivity contribution in [1.82, 2.24) is 0 Å². The number of rotatable bonds is 4. The molecule has 2 aromatic rings. The minimum atomic E-state index is -0.264. The Bertz CT molecular complexity index is 737. The second-order valence-electron chi connectivity index (χ2n) is 5.98. The van der Waals surface area contributed by atoms with E-state index in [4.69, 9.17) is 11.6 Å². The summed E-state index contributed by atoms with van der Waals surface area (Å²) in [4.78, 5) is 24.9.